The van der Waals surface area contributed by atoms with E-state index < -0.39 is 5.91 Å². The number of carbonyl (C=O) groups is 2. The average Bonchev–Trinajstić information content (AvgIpc) is 3.23. The highest BCUT2D eigenvalue weighted by Gasteiger charge is 2.26. The number of hydrogen-bond donors (Lipinski definition) is 1. The molecule has 2 aromatic carbocycles. The lowest BCUT2D eigenvalue weighted by molar-refractivity contribution is -0.135. The normalized spacial score (nSPS) is 13.9. The highest BCUT2D eigenvalue weighted by Crippen LogP contribution is 2.25. The topological polar surface area (TPSA) is 101 Å². The predicted octanol–water partition coefficient (Wildman–Crippen LogP) is 4.01. The minimum absolute atomic E-state index is 0.174. The standard InChI is InChI=1S/C20H15Cl2N5O3/c21-13-6-7-14(22)16(10-13)23-17(28)11-27-18(29)9-8-15(25-27)20-24-19(26-30-20)12-4-2-1-3-5-12/h1-7,10H,8-9,11H2,(H,23,28). The fourth-order valence-electron chi connectivity index (χ4n) is 2.84. The van der Waals surface area contributed by atoms with E-state index in [4.69, 9.17) is 27.7 Å². The highest BCUT2D eigenvalue weighted by atomic mass is 35.5. The molecule has 1 aromatic heterocycles. The van der Waals surface area contributed by atoms with E-state index in [1.54, 1.807) is 12.1 Å². The third-order valence-corrected chi connectivity index (χ3v) is 4.87. The van der Waals surface area contributed by atoms with Gasteiger partial charge in [-0.3, -0.25) is 9.59 Å². The molecule has 152 valence electrons. The molecule has 1 aliphatic rings. The fraction of sp³-hybridized carbons (Fsp3) is 0.150. The third kappa shape index (κ3) is 4.50. The summed E-state index contributed by atoms with van der Waals surface area (Å²) in [5, 5.41) is 12.7. The largest absolute Gasteiger partial charge is 0.332 e. The predicted molar refractivity (Wildman–Crippen MR) is 112 cm³/mol. The molecule has 0 atom stereocenters. The van der Waals surface area contributed by atoms with Gasteiger partial charge in [0.2, 0.25) is 17.6 Å². The van der Waals surface area contributed by atoms with E-state index in [2.05, 4.69) is 20.6 Å². The maximum atomic E-state index is 12.4. The summed E-state index contributed by atoms with van der Waals surface area (Å²) < 4.78 is 5.31. The Morgan fingerprint density at radius 2 is 1.93 bits per heavy atom. The Balaban J connectivity index is 1.49. The Morgan fingerprint density at radius 1 is 1.13 bits per heavy atom. The number of amides is 2. The van der Waals surface area contributed by atoms with Crippen molar-refractivity contribution in [3.63, 3.8) is 0 Å². The summed E-state index contributed by atoms with van der Waals surface area (Å²) in [6.45, 7) is -0.287. The number of nitrogens with one attached hydrogen (secondary N) is 1. The van der Waals surface area contributed by atoms with Crippen LogP contribution in [-0.4, -0.2) is 39.2 Å². The van der Waals surface area contributed by atoms with E-state index in [1.165, 1.54) is 6.07 Å². The van der Waals surface area contributed by atoms with Crippen molar-refractivity contribution >= 4 is 46.4 Å². The number of nitrogens with zero attached hydrogens (tertiary/aromatic N) is 4. The van der Waals surface area contributed by atoms with Crippen molar-refractivity contribution in [3.8, 4) is 11.4 Å². The van der Waals surface area contributed by atoms with Crippen molar-refractivity contribution < 1.29 is 14.1 Å². The number of anilines is 1. The first kappa shape index (κ1) is 20.1. The fourth-order valence-corrected chi connectivity index (χ4v) is 3.18. The van der Waals surface area contributed by atoms with Gasteiger partial charge in [0.05, 0.1) is 10.7 Å². The van der Waals surface area contributed by atoms with Crippen LogP contribution in [0.4, 0.5) is 5.69 Å². The van der Waals surface area contributed by atoms with Crippen LogP contribution >= 0.6 is 23.2 Å². The number of hydrogen-bond acceptors (Lipinski definition) is 6. The summed E-state index contributed by atoms with van der Waals surface area (Å²) in [5.41, 5.74) is 1.60. The van der Waals surface area contributed by atoms with Gasteiger partial charge in [-0.1, -0.05) is 58.7 Å². The average molecular weight is 444 g/mol. The Morgan fingerprint density at radius 3 is 2.73 bits per heavy atom. The molecule has 0 unspecified atom stereocenters. The second-order valence-electron chi connectivity index (χ2n) is 6.46. The molecule has 3 aromatic rings. The lowest BCUT2D eigenvalue weighted by atomic mass is 10.1. The van der Waals surface area contributed by atoms with Crippen LogP contribution in [0.2, 0.25) is 10.0 Å². The minimum Gasteiger partial charge on any atom is -0.332 e. The molecule has 0 saturated heterocycles. The number of aromatic nitrogens is 2. The lowest BCUT2D eigenvalue weighted by Crippen LogP contribution is -2.38. The molecule has 2 heterocycles. The zero-order valence-electron chi connectivity index (χ0n) is 15.5. The summed E-state index contributed by atoms with van der Waals surface area (Å²) in [5.74, 6) is -0.114. The monoisotopic (exact) mass is 443 g/mol. The van der Waals surface area contributed by atoms with Gasteiger partial charge in [0.15, 0.2) is 0 Å². The molecule has 1 N–H and O–H groups in total. The zero-order valence-corrected chi connectivity index (χ0v) is 17.0. The molecule has 0 spiro atoms. The summed E-state index contributed by atoms with van der Waals surface area (Å²) in [4.78, 5) is 29.0. The molecule has 8 nitrogen and oxygen atoms in total. The second kappa shape index (κ2) is 8.64. The van der Waals surface area contributed by atoms with Crippen molar-refractivity contribution in [3.05, 3.63) is 64.5 Å². The first-order valence-electron chi connectivity index (χ1n) is 9.02. The molecule has 0 bridgehead atoms. The van der Waals surface area contributed by atoms with E-state index in [1.807, 2.05) is 30.3 Å². The van der Waals surface area contributed by atoms with Crippen LogP contribution < -0.4 is 5.32 Å². The van der Waals surface area contributed by atoms with Crippen LogP contribution in [-0.2, 0) is 9.59 Å². The molecule has 2 amide bonds. The number of halogens is 2. The summed E-state index contributed by atoms with van der Waals surface area (Å²) in [6.07, 6.45) is 0.514. The zero-order chi connectivity index (χ0) is 21.1. The Bertz CT molecular complexity index is 1130. The van der Waals surface area contributed by atoms with Gasteiger partial charge in [-0.2, -0.15) is 10.1 Å². The molecular formula is C20H15Cl2N5O3. The summed E-state index contributed by atoms with van der Waals surface area (Å²) >= 11 is 12.0. The van der Waals surface area contributed by atoms with Crippen LogP contribution in [0.1, 0.15) is 18.7 Å². The van der Waals surface area contributed by atoms with Gasteiger partial charge in [-0.15, -0.1) is 0 Å². The molecular weight excluding hydrogens is 429 g/mol. The van der Waals surface area contributed by atoms with Crippen molar-refractivity contribution in [1.29, 1.82) is 0 Å². The Labute approximate surface area is 181 Å². The van der Waals surface area contributed by atoms with Gasteiger partial charge in [0, 0.05) is 23.4 Å². The van der Waals surface area contributed by atoms with Gasteiger partial charge >= 0.3 is 0 Å². The van der Waals surface area contributed by atoms with Gasteiger partial charge in [-0.05, 0) is 18.2 Å². The van der Waals surface area contributed by atoms with Crippen molar-refractivity contribution in [2.75, 3.05) is 11.9 Å². The van der Waals surface area contributed by atoms with E-state index >= 15 is 0 Å². The van der Waals surface area contributed by atoms with E-state index in [0.29, 0.717) is 33.7 Å². The second-order valence-corrected chi connectivity index (χ2v) is 7.30. The Kier molecular flexibility index (Phi) is 5.78. The van der Waals surface area contributed by atoms with E-state index in [-0.39, 0.29) is 24.8 Å². The van der Waals surface area contributed by atoms with Crippen LogP contribution in [0.5, 0.6) is 0 Å². The van der Waals surface area contributed by atoms with Crippen molar-refractivity contribution in [2.24, 2.45) is 5.10 Å². The van der Waals surface area contributed by atoms with Gasteiger partial charge in [-0.25, -0.2) is 5.01 Å². The maximum absolute atomic E-state index is 12.4. The van der Waals surface area contributed by atoms with E-state index in [0.717, 1.165) is 10.6 Å². The first-order valence-corrected chi connectivity index (χ1v) is 9.77. The molecule has 30 heavy (non-hydrogen) atoms. The molecule has 4 rings (SSSR count). The van der Waals surface area contributed by atoms with Crippen molar-refractivity contribution in [1.82, 2.24) is 15.1 Å². The van der Waals surface area contributed by atoms with E-state index in [9.17, 15) is 9.59 Å². The summed E-state index contributed by atoms with van der Waals surface area (Å²) in [6, 6.07) is 14.1. The van der Waals surface area contributed by atoms with Crippen LogP contribution in [0.15, 0.2) is 58.2 Å². The Hall–Kier alpha value is -3.23. The lowest BCUT2D eigenvalue weighted by Gasteiger charge is -2.21. The first-order chi connectivity index (χ1) is 14.5. The minimum atomic E-state index is -0.465. The van der Waals surface area contributed by atoms with Gasteiger partial charge in [0.25, 0.3) is 5.89 Å². The smallest absolute Gasteiger partial charge is 0.274 e. The molecule has 1 aliphatic heterocycles. The maximum Gasteiger partial charge on any atom is 0.274 e. The quantitative estimate of drug-likeness (QED) is 0.641. The number of rotatable bonds is 5. The van der Waals surface area contributed by atoms with Gasteiger partial charge < -0.3 is 9.84 Å². The van der Waals surface area contributed by atoms with Gasteiger partial charge in [0.1, 0.15) is 12.3 Å². The number of carbonyl (C=O) groups excluding carboxylic acids is 2. The molecule has 0 fully saturated rings. The molecule has 0 radical (unpaired) electrons. The van der Waals surface area contributed by atoms with Crippen LogP contribution in [0.3, 0.4) is 0 Å². The number of hydrazone groups is 1. The highest BCUT2D eigenvalue weighted by molar-refractivity contribution is 6.35. The number of benzene rings is 2. The molecule has 0 aliphatic carbocycles. The SMILES string of the molecule is O=C(CN1N=C(c2nc(-c3ccccc3)no2)CCC1=O)Nc1cc(Cl)ccc1Cl. The van der Waals surface area contributed by atoms with Crippen LogP contribution in [0.25, 0.3) is 11.4 Å². The van der Waals surface area contributed by atoms with Crippen molar-refractivity contribution in [2.45, 2.75) is 12.8 Å². The third-order valence-electron chi connectivity index (χ3n) is 4.31. The molecule has 10 heteroatoms. The van der Waals surface area contributed by atoms with Crippen LogP contribution in [0, 0.1) is 0 Å². The molecule has 0 saturated carbocycles. The summed E-state index contributed by atoms with van der Waals surface area (Å²) in [7, 11) is 0.